The van der Waals surface area contributed by atoms with Crippen molar-refractivity contribution in [2.75, 3.05) is 36.8 Å². The average molecular weight is 298 g/mol. The molecule has 0 saturated carbocycles. The third-order valence-corrected chi connectivity index (χ3v) is 3.42. The summed E-state index contributed by atoms with van der Waals surface area (Å²) in [7, 11) is 0. The SMILES string of the molecule is CCCNc1ncc(Cl)c(NCC(=O)N2CCCC2)n1. The molecule has 110 valence electrons. The molecule has 2 rings (SSSR count). The van der Waals surface area contributed by atoms with Gasteiger partial charge in [-0.05, 0) is 19.3 Å². The van der Waals surface area contributed by atoms with E-state index in [0.717, 1.165) is 38.9 Å². The van der Waals surface area contributed by atoms with E-state index in [9.17, 15) is 4.79 Å². The van der Waals surface area contributed by atoms with Gasteiger partial charge < -0.3 is 15.5 Å². The van der Waals surface area contributed by atoms with Crippen molar-refractivity contribution in [2.24, 2.45) is 0 Å². The van der Waals surface area contributed by atoms with Crippen molar-refractivity contribution in [3.63, 3.8) is 0 Å². The van der Waals surface area contributed by atoms with Crippen LogP contribution in [0.25, 0.3) is 0 Å². The van der Waals surface area contributed by atoms with Gasteiger partial charge in [0, 0.05) is 19.6 Å². The minimum Gasteiger partial charge on any atom is -0.360 e. The van der Waals surface area contributed by atoms with Crippen LogP contribution in [0.1, 0.15) is 26.2 Å². The molecule has 0 aliphatic carbocycles. The van der Waals surface area contributed by atoms with Gasteiger partial charge in [-0.3, -0.25) is 4.79 Å². The van der Waals surface area contributed by atoms with E-state index in [1.165, 1.54) is 6.20 Å². The van der Waals surface area contributed by atoms with E-state index in [0.29, 0.717) is 16.8 Å². The Morgan fingerprint density at radius 3 is 2.85 bits per heavy atom. The molecule has 6 nitrogen and oxygen atoms in total. The van der Waals surface area contributed by atoms with E-state index in [-0.39, 0.29) is 12.5 Å². The first-order chi connectivity index (χ1) is 9.70. The molecule has 1 aliphatic heterocycles. The second kappa shape index (κ2) is 7.28. The number of halogens is 1. The van der Waals surface area contributed by atoms with E-state index in [2.05, 4.69) is 27.5 Å². The van der Waals surface area contributed by atoms with Gasteiger partial charge in [-0.25, -0.2) is 4.98 Å². The summed E-state index contributed by atoms with van der Waals surface area (Å²) in [6.07, 6.45) is 4.70. The number of likely N-dealkylation sites (tertiary alicyclic amines) is 1. The predicted molar refractivity (Wildman–Crippen MR) is 80.1 cm³/mol. The molecule has 20 heavy (non-hydrogen) atoms. The van der Waals surface area contributed by atoms with Crippen LogP contribution in [0.15, 0.2) is 6.20 Å². The summed E-state index contributed by atoms with van der Waals surface area (Å²) in [6.45, 7) is 4.77. The smallest absolute Gasteiger partial charge is 0.241 e. The van der Waals surface area contributed by atoms with Crippen LogP contribution in [0, 0.1) is 0 Å². The van der Waals surface area contributed by atoms with Crippen molar-refractivity contribution in [3.05, 3.63) is 11.2 Å². The Balaban J connectivity index is 1.92. The Morgan fingerprint density at radius 1 is 1.40 bits per heavy atom. The number of nitrogens with one attached hydrogen (secondary N) is 2. The number of hydrogen-bond acceptors (Lipinski definition) is 5. The molecule has 1 amide bonds. The zero-order valence-electron chi connectivity index (χ0n) is 11.7. The van der Waals surface area contributed by atoms with Gasteiger partial charge in [0.1, 0.15) is 5.02 Å². The number of aromatic nitrogens is 2. The number of amides is 1. The summed E-state index contributed by atoms with van der Waals surface area (Å²) < 4.78 is 0. The van der Waals surface area contributed by atoms with Gasteiger partial charge in [0.05, 0.1) is 12.7 Å². The zero-order chi connectivity index (χ0) is 14.4. The Kier molecular flexibility index (Phi) is 5.40. The van der Waals surface area contributed by atoms with Crippen molar-refractivity contribution >= 4 is 29.3 Å². The van der Waals surface area contributed by atoms with Gasteiger partial charge in [-0.1, -0.05) is 18.5 Å². The number of nitrogens with zero attached hydrogens (tertiary/aromatic N) is 3. The normalized spacial score (nSPS) is 14.4. The highest BCUT2D eigenvalue weighted by atomic mass is 35.5. The Morgan fingerprint density at radius 2 is 2.15 bits per heavy atom. The first-order valence-electron chi connectivity index (χ1n) is 6.98. The van der Waals surface area contributed by atoms with Crippen molar-refractivity contribution in [3.8, 4) is 0 Å². The maximum absolute atomic E-state index is 11.9. The van der Waals surface area contributed by atoms with Crippen LogP contribution < -0.4 is 10.6 Å². The van der Waals surface area contributed by atoms with Crippen LogP contribution in [0.5, 0.6) is 0 Å². The fourth-order valence-electron chi connectivity index (χ4n) is 2.05. The molecule has 0 radical (unpaired) electrons. The van der Waals surface area contributed by atoms with E-state index in [4.69, 9.17) is 11.6 Å². The highest BCUT2D eigenvalue weighted by Crippen LogP contribution is 2.19. The molecule has 7 heteroatoms. The van der Waals surface area contributed by atoms with Crippen LogP contribution in [0.3, 0.4) is 0 Å². The van der Waals surface area contributed by atoms with E-state index >= 15 is 0 Å². The predicted octanol–water partition coefficient (Wildman–Crippen LogP) is 1.99. The van der Waals surface area contributed by atoms with Crippen LogP contribution in [-0.4, -0.2) is 47.0 Å². The van der Waals surface area contributed by atoms with Crippen molar-refractivity contribution in [1.29, 1.82) is 0 Å². The number of rotatable bonds is 6. The lowest BCUT2D eigenvalue weighted by atomic mass is 10.4. The summed E-state index contributed by atoms with van der Waals surface area (Å²) in [4.78, 5) is 22.2. The van der Waals surface area contributed by atoms with E-state index in [1.54, 1.807) is 0 Å². The monoisotopic (exact) mass is 297 g/mol. The molecule has 0 bridgehead atoms. The minimum absolute atomic E-state index is 0.0836. The Hall–Kier alpha value is -1.56. The van der Waals surface area contributed by atoms with Gasteiger partial charge >= 0.3 is 0 Å². The molecular weight excluding hydrogens is 278 g/mol. The second-order valence-electron chi connectivity index (χ2n) is 4.76. The summed E-state index contributed by atoms with van der Waals surface area (Å²) in [5.74, 6) is 1.10. The highest BCUT2D eigenvalue weighted by molar-refractivity contribution is 6.32. The molecule has 2 heterocycles. The third-order valence-electron chi connectivity index (χ3n) is 3.14. The van der Waals surface area contributed by atoms with Gasteiger partial charge in [-0.15, -0.1) is 0 Å². The summed E-state index contributed by atoms with van der Waals surface area (Å²) >= 11 is 6.03. The van der Waals surface area contributed by atoms with Crippen LogP contribution in [0.2, 0.25) is 5.02 Å². The number of anilines is 2. The maximum Gasteiger partial charge on any atom is 0.241 e. The first kappa shape index (κ1) is 14.8. The largest absolute Gasteiger partial charge is 0.360 e. The summed E-state index contributed by atoms with van der Waals surface area (Å²) in [5, 5.41) is 6.50. The fraction of sp³-hybridized carbons (Fsp3) is 0.615. The second-order valence-corrected chi connectivity index (χ2v) is 5.17. The Bertz CT molecular complexity index is 462. The van der Waals surface area contributed by atoms with Crippen molar-refractivity contribution in [1.82, 2.24) is 14.9 Å². The molecule has 0 aromatic carbocycles. The fourth-order valence-corrected chi connectivity index (χ4v) is 2.21. The van der Waals surface area contributed by atoms with Crippen LogP contribution in [0.4, 0.5) is 11.8 Å². The van der Waals surface area contributed by atoms with E-state index < -0.39 is 0 Å². The van der Waals surface area contributed by atoms with Crippen LogP contribution in [-0.2, 0) is 4.79 Å². The number of carbonyl (C=O) groups excluding carboxylic acids is 1. The van der Waals surface area contributed by atoms with Gasteiger partial charge in [0.15, 0.2) is 5.82 Å². The molecule has 2 N–H and O–H groups in total. The highest BCUT2D eigenvalue weighted by Gasteiger charge is 2.18. The molecule has 1 aromatic rings. The molecule has 1 aliphatic rings. The van der Waals surface area contributed by atoms with Gasteiger partial charge in [0.25, 0.3) is 0 Å². The summed E-state index contributed by atoms with van der Waals surface area (Å²) in [6, 6.07) is 0. The lowest BCUT2D eigenvalue weighted by molar-refractivity contribution is -0.128. The van der Waals surface area contributed by atoms with E-state index in [1.807, 2.05) is 4.90 Å². The average Bonchev–Trinajstić information content (AvgIpc) is 2.99. The minimum atomic E-state index is 0.0836. The molecular formula is C13H20ClN5O. The zero-order valence-corrected chi connectivity index (χ0v) is 12.4. The third kappa shape index (κ3) is 3.96. The molecule has 0 spiro atoms. The van der Waals surface area contributed by atoms with Crippen molar-refractivity contribution < 1.29 is 4.79 Å². The lowest BCUT2D eigenvalue weighted by Gasteiger charge is -2.16. The number of carbonyl (C=O) groups is 1. The molecule has 0 unspecified atom stereocenters. The quantitative estimate of drug-likeness (QED) is 0.840. The molecule has 1 fully saturated rings. The molecule has 1 saturated heterocycles. The lowest BCUT2D eigenvalue weighted by Crippen LogP contribution is -2.33. The van der Waals surface area contributed by atoms with Gasteiger partial charge in [0.2, 0.25) is 11.9 Å². The first-order valence-corrected chi connectivity index (χ1v) is 7.36. The van der Waals surface area contributed by atoms with Crippen molar-refractivity contribution in [2.45, 2.75) is 26.2 Å². The topological polar surface area (TPSA) is 70.2 Å². The maximum atomic E-state index is 11.9. The summed E-state index contributed by atoms with van der Waals surface area (Å²) in [5.41, 5.74) is 0. The van der Waals surface area contributed by atoms with Gasteiger partial charge in [-0.2, -0.15) is 4.98 Å². The molecule has 0 atom stereocenters. The Labute approximate surface area is 123 Å². The number of hydrogen-bond donors (Lipinski definition) is 2. The van der Waals surface area contributed by atoms with Crippen LogP contribution >= 0.6 is 11.6 Å². The standard InChI is InChI=1S/C13H20ClN5O/c1-2-5-15-13-17-8-10(14)12(18-13)16-9-11(20)19-6-3-4-7-19/h8H,2-7,9H2,1H3,(H2,15,16,17,18). The molecule has 1 aromatic heterocycles.